The fourth-order valence-electron chi connectivity index (χ4n) is 5.04. The first-order chi connectivity index (χ1) is 17.9. The van der Waals surface area contributed by atoms with E-state index in [2.05, 4.69) is 22.4 Å². The van der Waals surface area contributed by atoms with E-state index < -0.39 is 5.97 Å². The molecule has 1 aromatic carbocycles. The average molecular weight is 519 g/mol. The van der Waals surface area contributed by atoms with Gasteiger partial charge in [-0.1, -0.05) is 19.1 Å². The van der Waals surface area contributed by atoms with Crippen LogP contribution in [0.3, 0.4) is 0 Å². The van der Waals surface area contributed by atoms with Gasteiger partial charge in [0.2, 0.25) is 5.91 Å². The van der Waals surface area contributed by atoms with Crippen LogP contribution in [0.4, 0.5) is 11.4 Å². The lowest BCUT2D eigenvalue weighted by Crippen LogP contribution is -2.48. The Morgan fingerprint density at radius 3 is 2.35 bits per heavy atom. The summed E-state index contributed by atoms with van der Waals surface area (Å²) in [5.74, 6) is -0.714. The summed E-state index contributed by atoms with van der Waals surface area (Å²) in [7, 11) is 0. The molecule has 2 amide bonds. The number of carbonyl (C=O) groups excluding carboxylic acids is 2. The van der Waals surface area contributed by atoms with E-state index in [1.807, 2.05) is 23.1 Å². The molecule has 5 rings (SSSR count). The molecule has 2 saturated carbocycles. The van der Waals surface area contributed by atoms with Crippen molar-refractivity contribution >= 4 is 40.5 Å². The molecule has 0 radical (unpaired) electrons. The average Bonchev–Trinajstić information content (AvgIpc) is 3.32. The van der Waals surface area contributed by atoms with Crippen molar-refractivity contribution in [2.24, 2.45) is 11.8 Å². The summed E-state index contributed by atoms with van der Waals surface area (Å²) in [6.45, 7) is 2.23. The quantitative estimate of drug-likeness (QED) is 0.405. The summed E-state index contributed by atoms with van der Waals surface area (Å²) >= 11 is 1.18. The molecule has 2 N–H and O–H groups in total. The monoisotopic (exact) mass is 518 g/mol. The van der Waals surface area contributed by atoms with Gasteiger partial charge < -0.3 is 15.3 Å². The molecular weight excluding hydrogens is 488 g/mol. The van der Waals surface area contributed by atoms with Gasteiger partial charge >= 0.3 is 5.97 Å². The van der Waals surface area contributed by atoms with Crippen LogP contribution >= 0.6 is 11.3 Å². The van der Waals surface area contributed by atoms with Crippen LogP contribution in [0.1, 0.15) is 72.0 Å². The highest BCUT2D eigenvalue weighted by molar-refractivity contribution is 7.18. The summed E-state index contributed by atoms with van der Waals surface area (Å²) < 4.78 is 0. The zero-order valence-electron chi connectivity index (χ0n) is 20.7. The van der Waals surface area contributed by atoms with Crippen molar-refractivity contribution in [2.75, 3.05) is 10.2 Å². The highest BCUT2D eigenvalue weighted by Gasteiger charge is 2.38. The van der Waals surface area contributed by atoms with Crippen LogP contribution in [-0.4, -0.2) is 39.1 Å². The standard InChI is InChI=1S/C28H30N4O4S/c1-17-7-9-19(10-8-17)27(34)32(21-4-2-5-21)23-16-24(37-25(23)28(35)36)18-11-13-20(14-12-18)30-26(33)22-6-3-15-29-31-22/h3,6,11-17,19,21H,2,4-5,7-10H2,1H3,(H,30,33)(H,35,36). The normalized spacial score (nSPS) is 19.6. The SMILES string of the molecule is CC1CCC(C(=O)N(c2cc(-c3ccc(NC(=O)c4cccnn4)cc3)sc2C(=O)O)C2CCC2)CC1. The Labute approximate surface area is 219 Å². The molecule has 37 heavy (non-hydrogen) atoms. The number of benzene rings is 1. The van der Waals surface area contributed by atoms with Crippen LogP contribution in [0, 0.1) is 11.8 Å². The number of anilines is 2. The first-order valence-electron chi connectivity index (χ1n) is 12.8. The molecule has 2 aliphatic rings. The number of hydrogen-bond acceptors (Lipinski definition) is 6. The van der Waals surface area contributed by atoms with E-state index in [4.69, 9.17) is 0 Å². The minimum absolute atomic E-state index is 0.0426. The van der Waals surface area contributed by atoms with Crippen LogP contribution in [0.2, 0.25) is 0 Å². The third-order valence-corrected chi connectivity index (χ3v) is 8.60. The van der Waals surface area contributed by atoms with Crippen molar-refractivity contribution in [2.45, 2.75) is 57.9 Å². The first-order valence-corrected chi connectivity index (χ1v) is 13.6. The van der Waals surface area contributed by atoms with Crippen molar-refractivity contribution < 1.29 is 19.5 Å². The number of nitrogens with one attached hydrogen (secondary N) is 1. The maximum absolute atomic E-state index is 13.7. The maximum Gasteiger partial charge on any atom is 0.348 e. The molecule has 2 heterocycles. The smallest absolute Gasteiger partial charge is 0.348 e. The van der Waals surface area contributed by atoms with E-state index in [-0.39, 0.29) is 34.3 Å². The van der Waals surface area contributed by atoms with Crippen molar-refractivity contribution in [3.05, 3.63) is 59.2 Å². The second kappa shape index (κ2) is 10.8. The number of hydrogen-bond donors (Lipinski definition) is 2. The van der Waals surface area contributed by atoms with Crippen molar-refractivity contribution in [3.8, 4) is 10.4 Å². The maximum atomic E-state index is 13.7. The molecule has 3 aromatic rings. The number of carboxylic acids is 1. The molecular formula is C28H30N4O4S. The Balaban J connectivity index is 1.40. The Hall–Kier alpha value is -3.59. The zero-order chi connectivity index (χ0) is 25.9. The second-order valence-electron chi connectivity index (χ2n) is 10.0. The number of rotatable bonds is 7. The fraction of sp³-hybridized carbons (Fsp3) is 0.393. The van der Waals surface area contributed by atoms with E-state index in [0.29, 0.717) is 17.3 Å². The number of amides is 2. The molecule has 8 nitrogen and oxygen atoms in total. The fourth-order valence-corrected chi connectivity index (χ4v) is 6.03. The summed E-state index contributed by atoms with van der Waals surface area (Å²) in [6, 6.07) is 12.3. The minimum atomic E-state index is -1.02. The van der Waals surface area contributed by atoms with Gasteiger partial charge in [0.15, 0.2) is 5.69 Å². The van der Waals surface area contributed by atoms with Crippen LogP contribution in [0.25, 0.3) is 10.4 Å². The van der Waals surface area contributed by atoms with Crippen molar-refractivity contribution in [3.63, 3.8) is 0 Å². The molecule has 2 aromatic heterocycles. The zero-order valence-corrected chi connectivity index (χ0v) is 21.5. The van der Waals surface area contributed by atoms with E-state index in [1.165, 1.54) is 17.5 Å². The van der Waals surface area contributed by atoms with E-state index in [0.717, 1.165) is 55.4 Å². The van der Waals surface area contributed by atoms with Gasteiger partial charge in [0.1, 0.15) is 4.88 Å². The summed E-state index contributed by atoms with van der Waals surface area (Å²) in [4.78, 5) is 41.1. The van der Waals surface area contributed by atoms with Crippen LogP contribution < -0.4 is 10.2 Å². The molecule has 0 unspecified atom stereocenters. The predicted molar refractivity (Wildman–Crippen MR) is 143 cm³/mol. The lowest BCUT2D eigenvalue weighted by Gasteiger charge is -2.40. The van der Waals surface area contributed by atoms with E-state index >= 15 is 0 Å². The molecule has 0 aliphatic heterocycles. The Bertz CT molecular complexity index is 1280. The highest BCUT2D eigenvalue weighted by Crippen LogP contribution is 2.42. The van der Waals surface area contributed by atoms with E-state index in [9.17, 15) is 19.5 Å². The molecule has 2 fully saturated rings. The van der Waals surface area contributed by atoms with Gasteiger partial charge in [-0.3, -0.25) is 9.59 Å². The third kappa shape index (κ3) is 5.41. The second-order valence-corrected chi connectivity index (χ2v) is 11.1. The molecule has 192 valence electrons. The molecule has 2 aliphatic carbocycles. The largest absolute Gasteiger partial charge is 0.477 e. The number of aromatic carboxylic acids is 1. The highest BCUT2D eigenvalue weighted by atomic mass is 32.1. The minimum Gasteiger partial charge on any atom is -0.477 e. The Kier molecular flexibility index (Phi) is 7.32. The van der Waals surface area contributed by atoms with Crippen molar-refractivity contribution in [1.29, 1.82) is 0 Å². The van der Waals surface area contributed by atoms with Crippen molar-refractivity contribution in [1.82, 2.24) is 10.2 Å². The number of aromatic nitrogens is 2. The van der Waals surface area contributed by atoms with Gasteiger partial charge in [0, 0.05) is 28.7 Å². The van der Waals surface area contributed by atoms with Gasteiger partial charge in [-0.05, 0) is 86.8 Å². The van der Waals surface area contributed by atoms with Gasteiger partial charge in [0.05, 0.1) is 5.69 Å². The summed E-state index contributed by atoms with van der Waals surface area (Å²) in [6.07, 6.45) is 8.16. The first kappa shape index (κ1) is 25.1. The lowest BCUT2D eigenvalue weighted by atomic mass is 9.81. The van der Waals surface area contributed by atoms with Gasteiger partial charge in [-0.15, -0.1) is 16.4 Å². The molecule has 0 spiro atoms. The number of carboxylic acid groups (broad SMARTS) is 1. The number of nitrogens with zero attached hydrogens (tertiary/aromatic N) is 3. The molecule has 0 bridgehead atoms. The molecule has 0 atom stereocenters. The number of carbonyl (C=O) groups is 3. The van der Waals surface area contributed by atoms with Gasteiger partial charge in [-0.25, -0.2) is 4.79 Å². The summed E-state index contributed by atoms with van der Waals surface area (Å²) in [5.41, 5.74) is 2.14. The third-order valence-electron chi connectivity index (χ3n) is 7.44. The molecule has 9 heteroatoms. The molecule has 0 saturated heterocycles. The number of thiophene rings is 1. The van der Waals surface area contributed by atoms with Crippen LogP contribution in [0.5, 0.6) is 0 Å². The topological polar surface area (TPSA) is 112 Å². The Morgan fingerprint density at radius 2 is 1.76 bits per heavy atom. The van der Waals surface area contributed by atoms with E-state index in [1.54, 1.807) is 24.3 Å². The predicted octanol–water partition coefficient (Wildman–Crippen LogP) is 5.87. The lowest BCUT2D eigenvalue weighted by molar-refractivity contribution is -0.124. The van der Waals surface area contributed by atoms with Crippen LogP contribution in [0.15, 0.2) is 48.7 Å². The van der Waals surface area contributed by atoms with Gasteiger partial charge in [0.25, 0.3) is 5.91 Å². The van der Waals surface area contributed by atoms with Crippen LogP contribution in [-0.2, 0) is 4.79 Å². The summed E-state index contributed by atoms with van der Waals surface area (Å²) in [5, 5.41) is 20.4. The Morgan fingerprint density at radius 1 is 1.03 bits per heavy atom. The van der Waals surface area contributed by atoms with Gasteiger partial charge in [-0.2, -0.15) is 5.10 Å².